The molecular formula is C30H39N3O4S. The van der Waals surface area contributed by atoms with E-state index in [1.165, 1.54) is 0 Å². The molecule has 7 nitrogen and oxygen atoms in total. The van der Waals surface area contributed by atoms with Crippen LogP contribution in [0.3, 0.4) is 0 Å². The highest BCUT2D eigenvalue weighted by Crippen LogP contribution is 2.26. The Kier molecular flexibility index (Phi) is 10.8. The number of benzene rings is 2. The second-order valence-corrected chi connectivity index (χ2v) is 10.3. The van der Waals surface area contributed by atoms with Crippen LogP contribution in [0.4, 0.5) is 0 Å². The van der Waals surface area contributed by atoms with Gasteiger partial charge in [0, 0.05) is 24.6 Å². The van der Waals surface area contributed by atoms with Gasteiger partial charge in [0.25, 0.3) is 0 Å². The van der Waals surface area contributed by atoms with Gasteiger partial charge < -0.3 is 19.7 Å². The van der Waals surface area contributed by atoms with Crippen LogP contribution >= 0.6 is 12.6 Å². The van der Waals surface area contributed by atoms with E-state index in [0.717, 1.165) is 48.3 Å². The fraction of sp³-hybridized carbons (Fsp3) is 0.433. The highest BCUT2D eigenvalue weighted by atomic mass is 32.1. The van der Waals surface area contributed by atoms with Crippen LogP contribution in [-0.2, 0) is 24.3 Å². The monoisotopic (exact) mass is 537 g/mol. The molecule has 0 spiro atoms. The van der Waals surface area contributed by atoms with Gasteiger partial charge >= 0.3 is 5.97 Å². The molecule has 0 fully saturated rings. The van der Waals surface area contributed by atoms with E-state index in [1.54, 1.807) is 19.2 Å². The molecule has 0 aliphatic rings. The second kappa shape index (κ2) is 14.0. The zero-order chi connectivity index (χ0) is 27.7. The van der Waals surface area contributed by atoms with Crippen LogP contribution in [0.25, 0.3) is 11.1 Å². The Morgan fingerprint density at radius 2 is 1.84 bits per heavy atom. The van der Waals surface area contributed by atoms with Crippen molar-refractivity contribution in [2.45, 2.75) is 59.5 Å². The topological polar surface area (TPSA) is 93.5 Å². The van der Waals surface area contributed by atoms with Crippen molar-refractivity contribution < 1.29 is 19.4 Å². The minimum absolute atomic E-state index is 0.0138. The number of carbonyl (C=O) groups is 2. The molecule has 204 valence electrons. The van der Waals surface area contributed by atoms with E-state index in [-0.39, 0.29) is 17.4 Å². The summed E-state index contributed by atoms with van der Waals surface area (Å²) < 4.78 is 7.76. The molecule has 2 N–H and O–H groups in total. The first-order valence-corrected chi connectivity index (χ1v) is 13.8. The summed E-state index contributed by atoms with van der Waals surface area (Å²) in [5.74, 6) is 1.23. The molecule has 0 saturated heterocycles. The summed E-state index contributed by atoms with van der Waals surface area (Å²) in [6.45, 7) is 7.23. The summed E-state index contributed by atoms with van der Waals surface area (Å²) >= 11 is 4.39. The van der Waals surface area contributed by atoms with E-state index in [2.05, 4.69) is 43.3 Å². The Bertz CT molecular complexity index is 1220. The van der Waals surface area contributed by atoms with Gasteiger partial charge in [0.05, 0.1) is 19.2 Å². The van der Waals surface area contributed by atoms with Gasteiger partial charge in [-0.15, -0.1) is 0 Å². The number of hydrogen-bond acceptors (Lipinski definition) is 5. The van der Waals surface area contributed by atoms with Gasteiger partial charge in [-0.2, -0.15) is 17.6 Å². The Balaban J connectivity index is 1.88. The Labute approximate surface area is 231 Å². The SMILES string of the molecule is CCCCc1nc(OC)c(CNC(=O)[C@H](CS)CC(C)C)n1Cc1ccc(-c2ccccc2C(=O)O)cc1. The molecule has 38 heavy (non-hydrogen) atoms. The van der Waals surface area contributed by atoms with Crippen molar-refractivity contribution in [3.8, 4) is 17.0 Å². The van der Waals surface area contributed by atoms with Crippen LogP contribution in [0.15, 0.2) is 48.5 Å². The number of carboxylic acids is 1. The maximum atomic E-state index is 12.9. The van der Waals surface area contributed by atoms with Gasteiger partial charge in [-0.1, -0.05) is 69.7 Å². The maximum absolute atomic E-state index is 12.9. The number of aryl methyl sites for hydroxylation is 1. The van der Waals surface area contributed by atoms with Gasteiger partial charge in [0.1, 0.15) is 11.5 Å². The largest absolute Gasteiger partial charge is 0.480 e. The molecular weight excluding hydrogens is 498 g/mol. The first kappa shape index (κ1) is 29.3. The number of aromatic carboxylic acids is 1. The predicted molar refractivity (Wildman–Crippen MR) is 154 cm³/mol. The molecule has 0 aliphatic carbocycles. The zero-order valence-electron chi connectivity index (χ0n) is 22.7. The minimum Gasteiger partial charge on any atom is -0.480 e. The van der Waals surface area contributed by atoms with Gasteiger partial charge in [0.15, 0.2) is 0 Å². The van der Waals surface area contributed by atoms with E-state index in [1.807, 2.05) is 36.4 Å². The number of methoxy groups -OCH3 is 1. The number of carbonyl (C=O) groups excluding carboxylic acids is 1. The third-order valence-electron chi connectivity index (χ3n) is 6.60. The Morgan fingerprint density at radius 3 is 2.45 bits per heavy atom. The molecule has 1 atom stereocenters. The number of nitrogens with one attached hydrogen (secondary N) is 1. The predicted octanol–water partition coefficient (Wildman–Crippen LogP) is 5.86. The lowest BCUT2D eigenvalue weighted by atomic mass is 9.98. The lowest BCUT2D eigenvalue weighted by molar-refractivity contribution is -0.124. The Morgan fingerprint density at radius 1 is 1.13 bits per heavy atom. The molecule has 0 aliphatic heterocycles. The number of carboxylic acid groups (broad SMARTS) is 1. The summed E-state index contributed by atoms with van der Waals surface area (Å²) in [5.41, 5.74) is 3.67. The molecule has 3 aromatic rings. The van der Waals surface area contributed by atoms with Crippen molar-refractivity contribution in [2.75, 3.05) is 12.9 Å². The summed E-state index contributed by atoms with van der Waals surface area (Å²) in [7, 11) is 1.60. The van der Waals surface area contributed by atoms with Gasteiger partial charge in [-0.25, -0.2) is 4.79 Å². The molecule has 0 unspecified atom stereocenters. The van der Waals surface area contributed by atoms with E-state index < -0.39 is 5.97 Å². The third-order valence-corrected chi connectivity index (χ3v) is 7.04. The van der Waals surface area contributed by atoms with Crippen LogP contribution in [0.5, 0.6) is 5.88 Å². The van der Waals surface area contributed by atoms with Crippen LogP contribution in [0.2, 0.25) is 0 Å². The third kappa shape index (κ3) is 7.40. The van der Waals surface area contributed by atoms with E-state index in [9.17, 15) is 14.7 Å². The fourth-order valence-electron chi connectivity index (χ4n) is 4.60. The highest BCUT2D eigenvalue weighted by molar-refractivity contribution is 7.80. The highest BCUT2D eigenvalue weighted by Gasteiger charge is 2.22. The standard InChI is InChI=1S/C30H39N3O4S/c1-5-6-11-27-32-29(37-4)26(17-31-28(34)23(19-38)16-20(2)3)33(27)18-21-12-14-22(15-13-21)24-9-7-8-10-25(24)30(35)36/h7-10,12-15,20,23,38H,5-6,11,16-19H2,1-4H3,(H,31,34)(H,35,36)/t23-/m0/s1. The number of aromatic nitrogens is 2. The molecule has 1 aromatic heterocycles. The molecule has 8 heteroatoms. The number of thiol groups is 1. The molecule has 3 rings (SSSR count). The molecule has 2 aromatic carbocycles. The van der Waals surface area contributed by atoms with Crippen molar-refractivity contribution in [2.24, 2.45) is 11.8 Å². The summed E-state index contributed by atoms with van der Waals surface area (Å²) in [4.78, 5) is 29.3. The number of unbranched alkanes of at least 4 members (excludes halogenated alkanes) is 1. The number of rotatable bonds is 14. The number of ether oxygens (including phenoxy) is 1. The average molecular weight is 538 g/mol. The summed E-state index contributed by atoms with van der Waals surface area (Å²) in [6.07, 6.45) is 3.62. The van der Waals surface area contributed by atoms with Crippen LogP contribution in [0.1, 0.15) is 67.5 Å². The molecule has 1 amide bonds. The molecule has 0 radical (unpaired) electrons. The van der Waals surface area contributed by atoms with Gasteiger partial charge in [0.2, 0.25) is 11.8 Å². The average Bonchev–Trinajstić information content (AvgIpc) is 3.25. The lowest BCUT2D eigenvalue weighted by Crippen LogP contribution is -2.33. The van der Waals surface area contributed by atoms with Crippen molar-refractivity contribution >= 4 is 24.5 Å². The van der Waals surface area contributed by atoms with Crippen molar-refractivity contribution in [1.82, 2.24) is 14.9 Å². The van der Waals surface area contributed by atoms with E-state index >= 15 is 0 Å². The first-order chi connectivity index (χ1) is 18.3. The summed E-state index contributed by atoms with van der Waals surface area (Å²) in [5, 5.41) is 12.6. The number of nitrogens with zero attached hydrogens (tertiary/aromatic N) is 2. The van der Waals surface area contributed by atoms with Gasteiger partial charge in [-0.05, 0) is 41.5 Å². The van der Waals surface area contributed by atoms with Gasteiger partial charge in [-0.3, -0.25) is 4.79 Å². The van der Waals surface area contributed by atoms with Crippen molar-refractivity contribution in [3.05, 3.63) is 71.2 Å². The van der Waals surface area contributed by atoms with Crippen LogP contribution < -0.4 is 10.1 Å². The second-order valence-electron chi connectivity index (χ2n) is 9.95. The normalized spacial score (nSPS) is 11.9. The zero-order valence-corrected chi connectivity index (χ0v) is 23.6. The van der Waals surface area contributed by atoms with Crippen molar-refractivity contribution in [1.29, 1.82) is 0 Å². The fourth-order valence-corrected chi connectivity index (χ4v) is 4.92. The minimum atomic E-state index is -0.948. The molecule has 0 saturated carbocycles. The van der Waals surface area contributed by atoms with E-state index in [0.29, 0.717) is 36.2 Å². The Hall–Kier alpha value is -3.26. The van der Waals surface area contributed by atoms with Crippen molar-refractivity contribution in [3.63, 3.8) is 0 Å². The first-order valence-electron chi connectivity index (χ1n) is 13.2. The number of amides is 1. The lowest BCUT2D eigenvalue weighted by Gasteiger charge is -2.18. The smallest absolute Gasteiger partial charge is 0.336 e. The molecule has 0 bridgehead atoms. The molecule has 1 heterocycles. The quantitative estimate of drug-likeness (QED) is 0.224. The van der Waals surface area contributed by atoms with Crippen LogP contribution in [0, 0.1) is 11.8 Å². The maximum Gasteiger partial charge on any atom is 0.336 e. The van der Waals surface area contributed by atoms with E-state index in [4.69, 9.17) is 9.72 Å². The number of imidazole rings is 1. The van der Waals surface area contributed by atoms with Crippen LogP contribution in [-0.4, -0.2) is 39.4 Å². The number of hydrogen-bond donors (Lipinski definition) is 3. The summed E-state index contributed by atoms with van der Waals surface area (Å²) in [6, 6.07) is 14.9.